The standard InChI is InChI=1S/C47H46F5N11O2/c1-27-11-16-60(44(64)32-9-8-29-6-4-28(10-14-48)5-7-30(29)19-32)24-35(27)39-22-38(43(51)52)56-47-57-41(58-63(39)47)21-31-12-18-61(45(65)33-13-17-59-15-2-3-34(59)20-33)25-36(31)40-23-37(42(49)50)55-46-53-26-54-62(40)46/h2-3,5,7-9,13,15,17,19-20,22-23,26-28,31,35-36,42-43H,4,6,10-12,14,16,18,21,24-25H2,1H3/t27-,28?,31?,35+,36+/m0/s1. The molecule has 2 saturated heterocycles. The van der Waals surface area contributed by atoms with E-state index in [4.69, 9.17) is 10.1 Å². The Balaban J connectivity index is 0.960. The second-order valence-corrected chi connectivity index (χ2v) is 17.6. The molecule has 8 heterocycles. The molecule has 10 rings (SSSR count). The SMILES string of the molecule is C[C@H]1CCN(C(=O)c2ccc3c(c2)C=CC(CCF)CC3)C[C@H]1c1cc(C(F)F)nc2nc(CC3CCN(C(=O)c4ccn5cccc5c4)C[C@H]3c3cc(C(F)F)nc4ncnn34)nn12. The van der Waals surface area contributed by atoms with Crippen LogP contribution in [-0.2, 0) is 12.8 Å². The number of pyridine rings is 1. The van der Waals surface area contributed by atoms with Gasteiger partial charge in [0.05, 0.1) is 18.1 Å². The van der Waals surface area contributed by atoms with E-state index >= 15 is 0 Å². The highest BCUT2D eigenvalue weighted by Gasteiger charge is 2.38. The quantitative estimate of drug-likeness (QED) is 0.125. The molecular weight excluding hydrogens is 846 g/mol. The molecule has 6 aromatic heterocycles. The van der Waals surface area contributed by atoms with E-state index < -0.39 is 36.1 Å². The zero-order valence-corrected chi connectivity index (χ0v) is 35.5. The monoisotopic (exact) mass is 891 g/mol. The van der Waals surface area contributed by atoms with Gasteiger partial charge in [-0.3, -0.25) is 14.0 Å². The zero-order valence-electron chi connectivity index (χ0n) is 35.5. The fourth-order valence-corrected chi connectivity index (χ4v) is 9.98. The number of carbonyl (C=O) groups is 2. The number of hydrogen-bond donors (Lipinski definition) is 0. The van der Waals surface area contributed by atoms with Crippen LogP contribution < -0.4 is 0 Å². The Morgan fingerprint density at radius 1 is 0.785 bits per heavy atom. The summed E-state index contributed by atoms with van der Waals surface area (Å²) >= 11 is 0. The Bertz CT molecular complexity index is 2950. The highest BCUT2D eigenvalue weighted by molar-refractivity contribution is 5.96. The largest absolute Gasteiger partial charge is 0.338 e. The minimum atomic E-state index is -2.90. The topological polar surface area (TPSA) is 131 Å². The van der Waals surface area contributed by atoms with Gasteiger partial charge in [0.1, 0.15) is 17.7 Å². The summed E-state index contributed by atoms with van der Waals surface area (Å²) in [5.41, 5.74) is 3.79. The van der Waals surface area contributed by atoms with Gasteiger partial charge in [0.2, 0.25) is 0 Å². The number of fused-ring (bicyclic) bond motifs is 4. The molecular formula is C47H46F5N11O2. The van der Waals surface area contributed by atoms with E-state index in [9.17, 15) is 31.5 Å². The number of aromatic nitrogens is 9. The van der Waals surface area contributed by atoms with Gasteiger partial charge in [-0.25, -0.2) is 36.6 Å². The second-order valence-electron chi connectivity index (χ2n) is 17.6. The third-order valence-electron chi connectivity index (χ3n) is 13.6. The summed E-state index contributed by atoms with van der Waals surface area (Å²) < 4.78 is 75.7. The lowest BCUT2D eigenvalue weighted by atomic mass is 9.80. The van der Waals surface area contributed by atoms with E-state index in [1.54, 1.807) is 21.9 Å². The van der Waals surface area contributed by atoms with Gasteiger partial charge in [-0.2, -0.15) is 15.1 Å². The van der Waals surface area contributed by atoms with Crippen molar-refractivity contribution in [2.75, 3.05) is 32.9 Å². The van der Waals surface area contributed by atoms with Crippen molar-refractivity contribution in [1.82, 2.24) is 53.4 Å². The van der Waals surface area contributed by atoms with Crippen LogP contribution in [0.25, 0.3) is 23.1 Å². The fourth-order valence-electron chi connectivity index (χ4n) is 9.98. The molecule has 0 spiro atoms. The van der Waals surface area contributed by atoms with Crippen LogP contribution in [0.3, 0.4) is 0 Å². The molecule has 1 aromatic carbocycles. The number of alkyl halides is 5. The van der Waals surface area contributed by atoms with Crippen molar-refractivity contribution >= 4 is 35.0 Å². The Morgan fingerprint density at radius 3 is 2.28 bits per heavy atom. The summed E-state index contributed by atoms with van der Waals surface area (Å²) in [4.78, 5) is 48.7. The lowest BCUT2D eigenvalue weighted by Gasteiger charge is -2.38. The molecule has 0 N–H and O–H groups in total. The first-order valence-corrected chi connectivity index (χ1v) is 22.1. The van der Waals surface area contributed by atoms with Crippen LogP contribution in [0.4, 0.5) is 22.0 Å². The smallest absolute Gasteiger partial charge is 0.280 e. The van der Waals surface area contributed by atoms with Gasteiger partial charge < -0.3 is 14.2 Å². The molecule has 2 amide bonds. The van der Waals surface area contributed by atoms with Crippen LogP contribution in [0.2, 0.25) is 0 Å². The van der Waals surface area contributed by atoms with Crippen LogP contribution in [0.5, 0.6) is 0 Å². The number of benzene rings is 1. The number of nitrogens with zero attached hydrogens (tertiary/aromatic N) is 11. The van der Waals surface area contributed by atoms with Crippen LogP contribution in [0.15, 0.2) is 79.4 Å². The van der Waals surface area contributed by atoms with Crippen LogP contribution in [0.1, 0.15) is 118 Å². The molecule has 7 aromatic rings. The molecule has 1 aliphatic carbocycles. The number of rotatable bonds is 10. The summed E-state index contributed by atoms with van der Waals surface area (Å²) in [6.45, 7) is 2.86. The summed E-state index contributed by atoms with van der Waals surface area (Å²) in [5.74, 6) is -1.27. The average Bonchev–Trinajstić information content (AvgIpc) is 4.06. The maximum atomic E-state index is 14.6. The Morgan fingerprint density at radius 2 is 1.51 bits per heavy atom. The van der Waals surface area contributed by atoms with Crippen molar-refractivity contribution in [3.8, 4) is 0 Å². The highest BCUT2D eigenvalue weighted by atomic mass is 19.3. The third-order valence-corrected chi connectivity index (χ3v) is 13.6. The Hall–Kier alpha value is -6.59. The molecule has 336 valence electrons. The second kappa shape index (κ2) is 17.4. The van der Waals surface area contributed by atoms with Gasteiger partial charge in [-0.15, -0.1) is 5.10 Å². The van der Waals surface area contributed by atoms with Gasteiger partial charge in [-0.1, -0.05) is 25.1 Å². The first kappa shape index (κ1) is 42.4. The van der Waals surface area contributed by atoms with Gasteiger partial charge in [0, 0.05) is 73.5 Å². The molecule has 2 fully saturated rings. The zero-order chi connectivity index (χ0) is 44.9. The number of amides is 2. The van der Waals surface area contributed by atoms with Gasteiger partial charge in [0.25, 0.3) is 36.2 Å². The van der Waals surface area contributed by atoms with Crippen molar-refractivity contribution in [1.29, 1.82) is 0 Å². The molecule has 18 heteroatoms. The Kier molecular flexibility index (Phi) is 11.4. The average molecular weight is 892 g/mol. The van der Waals surface area contributed by atoms with Crippen molar-refractivity contribution in [2.45, 2.75) is 70.1 Å². The molecule has 65 heavy (non-hydrogen) atoms. The third kappa shape index (κ3) is 8.22. The normalized spacial score (nSPS) is 21.5. The van der Waals surface area contributed by atoms with Crippen molar-refractivity contribution < 1.29 is 31.5 Å². The number of allylic oxidation sites excluding steroid dienone is 1. The fraction of sp³-hybridized carbons (Fsp3) is 0.404. The van der Waals surface area contributed by atoms with E-state index in [2.05, 4.69) is 20.1 Å². The van der Waals surface area contributed by atoms with E-state index in [0.717, 1.165) is 29.5 Å². The molecule has 0 radical (unpaired) electrons. The van der Waals surface area contributed by atoms with Crippen LogP contribution in [-0.4, -0.2) is 98.0 Å². The van der Waals surface area contributed by atoms with E-state index in [1.807, 2.05) is 66.2 Å². The number of hydrogen-bond acceptors (Lipinski definition) is 8. The Labute approximate surface area is 370 Å². The number of halogens is 5. The number of carbonyl (C=O) groups excluding carboxylic acids is 2. The highest BCUT2D eigenvalue weighted by Crippen LogP contribution is 2.38. The van der Waals surface area contributed by atoms with Crippen molar-refractivity contribution in [2.24, 2.45) is 17.8 Å². The van der Waals surface area contributed by atoms with Gasteiger partial charge in [0.15, 0.2) is 5.82 Å². The molecule has 13 nitrogen and oxygen atoms in total. The first-order chi connectivity index (χ1) is 31.5. The molecule has 2 unspecified atom stereocenters. The van der Waals surface area contributed by atoms with Crippen LogP contribution in [0, 0.1) is 17.8 Å². The predicted molar refractivity (Wildman–Crippen MR) is 230 cm³/mol. The van der Waals surface area contributed by atoms with Gasteiger partial charge in [-0.05, 0) is 110 Å². The summed E-state index contributed by atoms with van der Waals surface area (Å²) in [6, 6.07) is 15.7. The van der Waals surface area contributed by atoms with Crippen LogP contribution >= 0.6 is 0 Å². The molecule has 2 aliphatic heterocycles. The first-order valence-electron chi connectivity index (χ1n) is 22.1. The van der Waals surface area contributed by atoms with Crippen molar-refractivity contribution in [3.05, 3.63) is 130 Å². The lowest BCUT2D eigenvalue weighted by Crippen LogP contribution is -2.44. The number of likely N-dealkylation sites (tertiary alicyclic amines) is 2. The minimum Gasteiger partial charge on any atom is -0.338 e. The van der Waals surface area contributed by atoms with E-state index in [0.29, 0.717) is 60.7 Å². The maximum absolute atomic E-state index is 14.6. The van der Waals surface area contributed by atoms with E-state index in [-0.39, 0.29) is 67.3 Å². The summed E-state index contributed by atoms with van der Waals surface area (Å²) in [6.07, 6.45) is 6.46. The minimum absolute atomic E-state index is 0.00533. The number of aryl methyl sites for hydroxylation is 1. The summed E-state index contributed by atoms with van der Waals surface area (Å²) in [5, 5.41) is 9.21. The predicted octanol–water partition coefficient (Wildman–Crippen LogP) is 8.38. The molecule has 3 aliphatic rings. The van der Waals surface area contributed by atoms with Crippen molar-refractivity contribution in [3.63, 3.8) is 0 Å². The summed E-state index contributed by atoms with van der Waals surface area (Å²) in [7, 11) is 0. The molecule has 5 atom stereocenters. The molecule has 0 bridgehead atoms. The molecule has 0 saturated carbocycles. The lowest BCUT2D eigenvalue weighted by molar-refractivity contribution is 0.0650. The maximum Gasteiger partial charge on any atom is 0.280 e. The number of piperidine rings is 2. The van der Waals surface area contributed by atoms with Gasteiger partial charge >= 0.3 is 0 Å². The van der Waals surface area contributed by atoms with E-state index in [1.165, 1.54) is 27.5 Å².